The van der Waals surface area contributed by atoms with E-state index in [-0.39, 0.29) is 0 Å². The van der Waals surface area contributed by atoms with Crippen LogP contribution in [0.15, 0.2) is 36.7 Å². The first-order valence-corrected chi connectivity index (χ1v) is 14.8. The maximum absolute atomic E-state index is 2.44. The summed E-state index contributed by atoms with van der Waals surface area (Å²) in [6.45, 7) is 6.65. The van der Waals surface area contributed by atoms with E-state index in [4.69, 9.17) is 0 Å². The SMILES string of the molecule is CCCCCCCCCCCCCCCCCCCc1cc[n+]2c(c1)-c1cc(C)cc[n+]1CC2. The molecule has 0 unspecified atom stereocenters. The van der Waals surface area contributed by atoms with Crippen LogP contribution >= 0.6 is 0 Å². The van der Waals surface area contributed by atoms with Crippen molar-refractivity contribution in [3.05, 3.63) is 47.8 Å². The number of hydrogen-bond donors (Lipinski definition) is 0. The molecule has 1 aliphatic heterocycles. The second kappa shape index (κ2) is 16.1. The predicted octanol–water partition coefficient (Wildman–Crippen LogP) is 8.44. The van der Waals surface area contributed by atoms with Gasteiger partial charge in [0.15, 0.2) is 12.4 Å². The van der Waals surface area contributed by atoms with E-state index in [1.807, 2.05) is 0 Å². The van der Waals surface area contributed by atoms with E-state index >= 15 is 0 Å². The van der Waals surface area contributed by atoms with Crippen LogP contribution in [0.3, 0.4) is 0 Å². The summed E-state index contributed by atoms with van der Waals surface area (Å²) >= 11 is 0. The molecule has 0 radical (unpaired) electrons. The van der Waals surface area contributed by atoms with Gasteiger partial charge in [-0.1, -0.05) is 110 Å². The Balaban J connectivity index is 1.18. The van der Waals surface area contributed by atoms with Crippen LogP contribution in [0.5, 0.6) is 0 Å². The molecule has 0 aromatic carbocycles. The lowest BCUT2D eigenvalue weighted by molar-refractivity contribution is -0.795. The smallest absolute Gasteiger partial charge is 0.186 e. The number of unbranched alkanes of at least 4 members (excludes halogenated alkanes) is 16. The standard InChI is InChI=1S/C32H52N2/c1-3-4-5-6-7-8-9-10-11-12-13-14-15-16-17-18-19-20-30-22-24-34-26-25-33-23-21-29(2)27-31(33)32(34)28-30/h21-24,27-28H,3-20,25-26H2,1-2H3/q+2. The minimum absolute atomic E-state index is 1.08. The lowest BCUT2D eigenvalue weighted by atomic mass is 10.0. The molecule has 0 fully saturated rings. The topological polar surface area (TPSA) is 7.76 Å². The molecule has 2 heteroatoms. The third kappa shape index (κ3) is 9.51. The lowest BCUT2D eigenvalue weighted by Gasteiger charge is -2.11. The molecule has 2 aromatic heterocycles. The molecule has 0 amide bonds. The van der Waals surface area contributed by atoms with Crippen molar-refractivity contribution in [1.82, 2.24) is 0 Å². The van der Waals surface area contributed by atoms with Crippen molar-refractivity contribution in [1.29, 1.82) is 0 Å². The molecule has 0 N–H and O–H groups in total. The summed E-state index contributed by atoms with van der Waals surface area (Å²) in [6.07, 6.45) is 30.2. The number of rotatable bonds is 18. The maximum atomic E-state index is 2.44. The highest BCUT2D eigenvalue weighted by molar-refractivity contribution is 5.49. The number of aromatic nitrogens is 2. The molecule has 2 aromatic rings. The number of hydrogen-bond acceptors (Lipinski definition) is 0. The van der Waals surface area contributed by atoms with Crippen LogP contribution < -0.4 is 9.13 Å². The Kier molecular flexibility index (Phi) is 12.7. The molecule has 188 valence electrons. The van der Waals surface area contributed by atoms with Crippen LogP contribution in [0.4, 0.5) is 0 Å². The third-order valence-electron chi connectivity index (χ3n) is 7.70. The predicted molar refractivity (Wildman–Crippen MR) is 145 cm³/mol. The monoisotopic (exact) mass is 464 g/mol. The van der Waals surface area contributed by atoms with Gasteiger partial charge < -0.3 is 0 Å². The summed E-state index contributed by atoms with van der Waals surface area (Å²) in [6, 6.07) is 9.35. The van der Waals surface area contributed by atoms with Crippen LogP contribution in [0.25, 0.3) is 11.4 Å². The van der Waals surface area contributed by atoms with Gasteiger partial charge in [0.2, 0.25) is 13.1 Å². The average molecular weight is 465 g/mol. The van der Waals surface area contributed by atoms with E-state index < -0.39 is 0 Å². The van der Waals surface area contributed by atoms with Gasteiger partial charge in [0.25, 0.3) is 11.4 Å². The van der Waals surface area contributed by atoms with Gasteiger partial charge in [-0.05, 0) is 30.9 Å². The molecule has 0 saturated carbocycles. The average Bonchev–Trinajstić information content (AvgIpc) is 2.85. The minimum Gasteiger partial charge on any atom is -0.186 e. The fraction of sp³-hybridized carbons (Fsp3) is 0.688. The van der Waals surface area contributed by atoms with E-state index in [0.29, 0.717) is 0 Å². The van der Waals surface area contributed by atoms with Crippen molar-refractivity contribution < 1.29 is 9.13 Å². The first kappa shape index (κ1) is 26.9. The van der Waals surface area contributed by atoms with Crippen LogP contribution in [-0.2, 0) is 19.5 Å². The van der Waals surface area contributed by atoms with Gasteiger partial charge in [0.1, 0.15) is 0 Å². The van der Waals surface area contributed by atoms with Gasteiger partial charge in [0.05, 0.1) is 0 Å². The van der Waals surface area contributed by atoms with E-state index in [2.05, 4.69) is 59.6 Å². The van der Waals surface area contributed by atoms with Gasteiger partial charge >= 0.3 is 0 Å². The van der Waals surface area contributed by atoms with Crippen LogP contribution in [0.2, 0.25) is 0 Å². The van der Waals surface area contributed by atoms with Crippen molar-refractivity contribution in [2.45, 2.75) is 143 Å². The Morgan fingerprint density at radius 1 is 0.559 bits per heavy atom. The molecule has 3 rings (SSSR count). The van der Waals surface area contributed by atoms with Crippen molar-refractivity contribution in [3.63, 3.8) is 0 Å². The summed E-state index contributed by atoms with van der Waals surface area (Å²) in [7, 11) is 0. The molecule has 0 saturated heterocycles. The highest BCUT2D eigenvalue weighted by Crippen LogP contribution is 2.19. The van der Waals surface area contributed by atoms with Crippen LogP contribution in [-0.4, -0.2) is 0 Å². The van der Waals surface area contributed by atoms with E-state index in [1.165, 1.54) is 138 Å². The molecular weight excluding hydrogens is 412 g/mol. The van der Waals surface area contributed by atoms with Crippen molar-refractivity contribution in [2.24, 2.45) is 0 Å². The fourth-order valence-electron chi connectivity index (χ4n) is 5.46. The van der Waals surface area contributed by atoms with Gasteiger partial charge in [-0.25, -0.2) is 0 Å². The lowest BCUT2D eigenvalue weighted by Crippen LogP contribution is -2.53. The van der Waals surface area contributed by atoms with E-state index in [1.54, 1.807) is 0 Å². The molecule has 0 bridgehead atoms. The van der Waals surface area contributed by atoms with Crippen LogP contribution in [0, 0.1) is 6.92 Å². The Morgan fingerprint density at radius 2 is 1.00 bits per heavy atom. The molecule has 0 aliphatic carbocycles. The summed E-state index contributed by atoms with van der Waals surface area (Å²) in [5.74, 6) is 0. The normalized spacial score (nSPS) is 12.5. The van der Waals surface area contributed by atoms with Gasteiger partial charge in [0, 0.05) is 24.3 Å². The first-order chi connectivity index (χ1) is 16.8. The summed E-state index contributed by atoms with van der Waals surface area (Å²) < 4.78 is 4.83. The Morgan fingerprint density at radius 3 is 1.53 bits per heavy atom. The third-order valence-corrected chi connectivity index (χ3v) is 7.70. The van der Waals surface area contributed by atoms with E-state index in [9.17, 15) is 0 Å². The zero-order chi connectivity index (χ0) is 23.8. The Labute approximate surface area is 210 Å². The maximum Gasteiger partial charge on any atom is 0.277 e. The van der Waals surface area contributed by atoms with Crippen molar-refractivity contribution in [2.75, 3.05) is 0 Å². The molecular formula is C32H52N2+2. The quantitative estimate of drug-likeness (QED) is 0.154. The van der Waals surface area contributed by atoms with Gasteiger partial charge in [-0.2, -0.15) is 9.13 Å². The fourth-order valence-corrected chi connectivity index (χ4v) is 5.46. The molecule has 34 heavy (non-hydrogen) atoms. The minimum atomic E-state index is 1.08. The number of fused-ring (bicyclic) bond motifs is 3. The van der Waals surface area contributed by atoms with Crippen molar-refractivity contribution in [3.8, 4) is 11.4 Å². The first-order valence-electron chi connectivity index (χ1n) is 14.8. The molecule has 2 nitrogen and oxygen atoms in total. The van der Waals surface area contributed by atoms with Crippen LogP contribution in [0.1, 0.15) is 127 Å². The second-order valence-corrected chi connectivity index (χ2v) is 10.8. The molecule has 0 spiro atoms. The number of aryl methyl sites for hydroxylation is 4. The number of pyridine rings is 2. The zero-order valence-corrected chi connectivity index (χ0v) is 22.5. The largest absolute Gasteiger partial charge is 0.277 e. The summed E-state index contributed by atoms with van der Waals surface area (Å²) in [5.41, 5.74) is 5.61. The highest BCUT2D eigenvalue weighted by atomic mass is 15.1. The van der Waals surface area contributed by atoms with Crippen molar-refractivity contribution >= 4 is 0 Å². The second-order valence-electron chi connectivity index (χ2n) is 10.8. The highest BCUT2D eigenvalue weighted by Gasteiger charge is 2.29. The van der Waals surface area contributed by atoms with Gasteiger partial charge in [-0.15, -0.1) is 0 Å². The molecule has 1 aliphatic rings. The molecule has 3 heterocycles. The Bertz CT molecular complexity index is 826. The number of nitrogens with zero attached hydrogens (tertiary/aromatic N) is 2. The zero-order valence-electron chi connectivity index (χ0n) is 22.5. The van der Waals surface area contributed by atoms with Gasteiger partial charge in [-0.3, -0.25) is 0 Å². The summed E-state index contributed by atoms with van der Waals surface area (Å²) in [5, 5.41) is 0. The Hall–Kier alpha value is -1.70. The van der Waals surface area contributed by atoms with E-state index in [0.717, 1.165) is 13.1 Å². The summed E-state index contributed by atoms with van der Waals surface area (Å²) in [4.78, 5) is 0. The molecule has 0 atom stereocenters.